The standard InChI is InChI=1S/C18H23N3O2/c1-15-4-6-17(7-5-15)23-13-16-3-2-9-21(11-16)18(22)12-20-10-8-19-14-20/h4-8,10,14,16H,2-3,9,11-13H2,1H3/t16-/m1/s1. The van der Waals surface area contributed by atoms with E-state index in [2.05, 4.69) is 24.0 Å². The van der Waals surface area contributed by atoms with Crippen LogP contribution >= 0.6 is 0 Å². The molecular formula is C18H23N3O2. The summed E-state index contributed by atoms with van der Waals surface area (Å²) >= 11 is 0. The second-order valence-corrected chi connectivity index (χ2v) is 6.21. The van der Waals surface area contributed by atoms with Crippen LogP contribution in [0.3, 0.4) is 0 Å². The lowest BCUT2D eigenvalue weighted by molar-refractivity contribution is -0.133. The number of aryl methyl sites for hydroxylation is 1. The van der Waals surface area contributed by atoms with Gasteiger partial charge in [0, 0.05) is 31.4 Å². The maximum atomic E-state index is 12.4. The fourth-order valence-corrected chi connectivity index (χ4v) is 2.91. The Labute approximate surface area is 136 Å². The number of hydrogen-bond acceptors (Lipinski definition) is 3. The number of aromatic nitrogens is 2. The zero-order valence-corrected chi connectivity index (χ0v) is 13.5. The molecule has 0 bridgehead atoms. The molecule has 0 radical (unpaired) electrons. The summed E-state index contributed by atoms with van der Waals surface area (Å²) in [6.07, 6.45) is 7.35. The molecule has 0 saturated carbocycles. The number of hydrogen-bond donors (Lipinski definition) is 0. The number of carbonyl (C=O) groups excluding carboxylic acids is 1. The Morgan fingerprint density at radius 3 is 2.91 bits per heavy atom. The number of nitrogens with zero attached hydrogens (tertiary/aromatic N) is 3. The van der Waals surface area contributed by atoms with Gasteiger partial charge < -0.3 is 14.2 Å². The average molecular weight is 313 g/mol. The van der Waals surface area contributed by atoms with Gasteiger partial charge in [0.1, 0.15) is 12.3 Å². The number of ether oxygens (including phenoxy) is 1. The van der Waals surface area contributed by atoms with E-state index in [-0.39, 0.29) is 5.91 Å². The molecule has 1 saturated heterocycles. The lowest BCUT2D eigenvalue weighted by Crippen LogP contribution is -2.42. The molecule has 23 heavy (non-hydrogen) atoms. The number of carbonyl (C=O) groups is 1. The van der Waals surface area contributed by atoms with Crippen molar-refractivity contribution in [3.63, 3.8) is 0 Å². The van der Waals surface area contributed by atoms with Crippen LogP contribution in [0, 0.1) is 12.8 Å². The van der Waals surface area contributed by atoms with Gasteiger partial charge in [-0.25, -0.2) is 4.98 Å². The Morgan fingerprint density at radius 2 is 2.17 bits per heavy atom. The highest BCUT2D eigenvalue weighted by molar-refractivity contribution is 5.76. The zero-order chi connectivity index (χ0) is 16.1. The molecule has 0 unspecified atom stereocenters. The van der Waals surface area contributed by atoms with Gasteiger partial charge in [0.15, 0.2) is 0 Å². The van der Waals surface area contributed by atoms with Crippen LogP contribution in [-0.4, -0.2) is 40.1 Å². The SMILES string of the molecule is Cc1ccc(OC[C@@H]2CCCN(C(=O)Cn3ccnc3)C2)cc1. The van der Waals surface area contributed by atoms with Gasteiger partial charge in [-0.1, -0.05) is 17.7 Å². The minimum atomic E-state index is 0.156. The predicted molar refractivity (Wildman–Crippen MR) is 88.2 cm³/mol. The Bertz CT molecular complexity index is 622. The molecule has 1 amide bonds. The maximum absolute atomic E-state index is 12.4. The summed E-state index contributed by atoms with van der Waals surface area (Å²) in [6.45, 7) is 4.71. The Hall–Kier alpha value is -2.30. The number of amides is 1. The molecular weight excluding hydrogens is 290 g/mol. The molecule has 1 fully saturated rings. The lowest BCUT2D eigenvalue weighted by Gasteiger charge is -2.32. The van der Waals surface area contributed by atoms with Gasteiger partial charge >= 0.3 is 0 Å². The maximum Gasteiger partial charge on any atom is 0.242 e. The van der Waals surface area contributed by atoms with E-state index in [1.165, 1.54) is 5.56 Å². The summed E-state index contributed by atoms with van der Waals surface area (Å²) < 4.78 is 7.70. The van der Waals surface area contributed by atoms with E-state index in [0.717, 1.165) is 31.7 Å². The lowest BCUT2D eigenvalue weighted by atomic mass is 9.99. The van der Waals surface area contributed by atoms with Crippen molar-refractivity contribution < 1.29 is 9.53 Å². The topological polar surface area (TPSA) is 47.4 Å². The monoisotopic (exact) mass is 313 g/mol. The van der Waals surface area contributed by atoms with Crippen molar-refractivity contribution in [1.29, 1.82) is 0 Å². The van der Waals surface area contributed by atoms with Crippen molar-refractivity contribution in [2.24, 2.45) is 5.92 Å². The van der Waals surface area contributed by atoms with Crippen LogP contribution in [0.25, 0.3) is 0 Å². The van der Waals surface area contributed by atoms with Crippen molar-refractivity contribution >= 4 is 5.91 Å². The van der Waals surface area contributed by atoms with Gasteiger partial charge in [0.2, 0.25) is 5.91 Å². The molecule has 0 N–H and O–H groups in total. The molecule has 0 spiro atoms. The smallest absolute Gasteiger partial charge is 0.242 e. The van der Waals surface area contributed by atoms with E-state index in [0.29, 0.717) is 19.1 Å². The van der Waals surface area contributed by atoms with Gasteiger partial charge in [-0.2, -0.15) is 0 Å². The summed E-state index contributed by atoms with van der Waals surface area (Å²) in [5, 5.41) is 0. The summed E-state index contributed by atoms with van der Waals surface area (Å²) in [5.41, 5.74) is 1.23. The minimum Gasteiger partial charge on any atom is -0.493 e. The van der Waals surface area contributed by atoms with Gasteiger partial charge in [0.05, 0.1) is 12.9 Å². The van der Waals surface area contributed by atoms with Crippen molar-refractivity contribution in [2.45, 2.75) is 26.3 Å². The molecule has 1 aromatic carbocycles. The molecule has 1 aliphatic heterocycles. The molecule has 3 rings (SSSR count). The van der Waals surface area contributed by atoms with Crippen LogP contribution in [0.4, 0.5) is 0 Å². The molecule has 2 heterocycles. The second kappa shape index (κ2) is 7.31. The molecule has 122 valence electrons. The van der Waals surface area contributed by atoms with E-state index < -0.39 is 0 Å². The Kier molecular flexibility index (Phi) is 4.95. The van der Waals surface area contributed by atoms with Crippen LogP contribution < -0.4 is 4.74 Å². The zero-order valence-electron chi connectivity index (χ0n) is 13.5. The molecule has 2 aromatic rings. The third kappa shape index (κ3) is 4.34. The number of benzene rings is 1. The van der Waals surface area contributed by atoms with Crippen LogP contribution in [0.5, 0.6) is 5.75 Å². The largest absolute Gasteiger partial charge is 0.493 e. The first-order valence-corrected chi connectivity index (χ1v) is 8.14. The first-order chi connectivity index (χ1) is 11.2. The van der Waals surface area contributed by atoms with Crippen molar-refractivity contribution in [2.75, 3.05) is 19.7 Å². The van der Waals surface area contributed by atoms with Crippen molar-refractivity contribution in [3.8, 4) is 5.75 Å². The van der Waals surface area contributed by atoms with Crippen LogP contribution in [0.2, 0.25) is 0 Å². The Morgan fingerprint density at radius 1 is 1.35 bits per heavy atom. The fraction of sp³-hybridized carbons (Fsp3) is 0.444. The van der Waals surface area contributed by atoms with Crippen LogP contribution in [0.1, 0.15) is 18.4 Å². The average Bonchev–Trinajstić information content (AvgIpc) is 3.07. The minimum absolute atomic E-state index is 0.156. The van der Waals surface area contributed by atoms with Crippen LogP contribution in [0.15, 0.2) is 43.0 Å². The first kappa shape index (κ1) is 15.6. The summed E-state index contributed by atoms with van der Waals surface area (Å²) in [6, 6.07) is 8.11. The van der Waals surface area contributed by atoms with E-state index in [4.69, 9.17) is 4.74 Å². The van der Waals surface area contributed by atoms with Crippen molar-refractivity contribution in [1.82, 2.24) is 14.5 Å². The molecule has 0 aliphatic carbocycles. The second-order valence-electron chi connectivity index (χ2n) is 6.21. The summed E-state index contributed by atoms with van der Waals surface area (Å²) in [4.78, 5) is 18.3. The van der Waals surface area contributed by atoms with E-state index in [9.17, 15) is 4.79 Å². The van der Waals surface area contributed by atoms with E-state index in [1.807, 2.05) is 27.8 Å². The highest BCUT2D eigenvalue weighted by Crippen LogP contribution is 2.19. The summed E-state index contributed by atoms with van der Waals surface area (Å²) in [5.74, 6) is 1.46. The molecule has 1 aliphatic rings. The number of rotatable bonds is 5. The fourth-order valence-electron chi connectivity index (χ4n) is 2.91. The molecule has 5 nitrogen and oxygen atoms in total. The first-order valence-electron chi connectivity index (χ1n) is 8.14. The quantitative estimate of drug-likeness (QED) is 0.852. The van der Waals surface area contributed by atoms with Crippen LogP contribution in [-0.2, 0) is 11.3 Å². The molecule has 1 aromatic heterocycles. The van der Waals surface area contributed by atoms with Gasteiger partial charge in [-0.15, -0.1) is 0 Å². The highest BCUT2D eigenvalue weighted by Gasteiger charge is 2.24. The molecule has 1 atom stereocenters. The summed E-state index contributed by atoms with van der Waals surface area (Å²) in [7, 11) is 0. The van der Waals surface area contributed by atoms with E-state index in [1.54, 1.807) is 12.5 Å². The highest BCUT2D eigenvalue weighted by atomic mass is 16.5. The number of imidazole rings is 1. The van der Waals surface area contributed by atoms with Gasteiger partial charge in [0.25, 0.3) is 0 Å². The van der Waals surface area contributed by atoms with Crippen molar-refractivity contribution in [3.05, 3.63) is 48.5 Å². The number of likely N-dealkylation sites (tertiary alicyclic amines) is 1. The third-order valence-corrected chi connectivity index (χ3v) is 4.26. The molecule has 5 heteroatoms. The third-order valence-electron chi connectivity index (χ3n) is 4.26. The normalized spacial score (nSPS) is 18.0. The van der Waals surface area contributed by atoms with E-state index >= 15 is 0 Å². The number of piperidine rings is 1. The van der Waals surface area contributed by atoms with Gasteiger partial charge in [-0.3, -0.25) is 4.79 Å². The predicted octanol–water partition coefficient (Wildman–Crippen LogP) is 2.51. The van der Waals surface area contributed by atoms with Gasteiger partial charge in [-0.05, 0) is 31.9 Å². The Balaban J connectivity index is 1.49.